The molecule has 1 aliphatic rings. The Morgan fingerprint density at radius 1 is 1.47 bits per heavy atom. The van der Waals surface area contributed by atoms with Crippen LogP contribution in [0.3, 0.4) is 0 Å². The second-order valence-electron chi connectivity index (χ2n) is 3.69. The van der Waals surface area contributed by atoms with Gasteiger partial charge in [0.15, 0.2) is 5.17 Å². The van der Waals surface area contributed by atoms with E-state index in [1.807, 2.05) is 12.1 Å². The van der Waals surface area contributed by atoms with E-state index in [0.29, 0.717) is 10.1 Å². The van der Waals surface area contributed by atoms with Gasteiger partial charge in [0, 0.05) is 14.1 Å². The number of rotatable bonds is 1. The van der Waals surface area contributed by atoms with Crippen molar-refractivity contribution in [1.29, 1.82) is 0 Å². The van der Waals surface area contributed by atoms with Crippen LogP contribution in [-0.4, -0.2) is 35.2 Å². The number of amidine groups is 1. The first kappa shape index (κ1) is 16.3. The van der Waals surface area contributed by atoms with Gasteiger partial charge in [-0.25, -0.2) is 0 Å². The van der Waals surface area contributed by atoms with E-state index in [2.05, 4.69) is 27.6 Å². The minimum absolute atomic E-state index is 0. The molecule has 0 aliphatic carbocycles. The topological polar surface area (TPSA) is 52.9 Å². The number of phenols is 1. The van der Waals surface area contributed by atoms with E-state index >= 15 is 0 Å². The molecule has 1 fully saturated rings. The minimum atomic E-state index is -0.0521. The Morgan fingerprint density at radius 2 is 2.16 bits per heavy atom. The first-order chi connectivity index (χ1) is 8.52. The lowest BCUT2D eigenvalue weighted by molar-refractivity contribution is -0.121. The third kappa shape index (κ3) is 3.43. The third-order valence-electron chi connectivity index (χ3n) is 2.46. The van der Waals surface area contributed by atoms with Crippen molar-refractivity contribution in [2.45, 2.75) is 0 Å². The largest absolute Gasteiger partial charge is 0.507 e. The van der Waals surface area contributed by atoms with Crippen LogP contribution >= 0.6 is 46.8 Å². The lowest BCUT2D eigenvalue weighted by atomic mass is 10.2. The van der Waals surface area contributed by atoms with Crippen molar-refractivity contribution in [3.05, 3.63) is 32.2 Å². The van der Waals surface area contributed by atoms with Crippen LogP contribution in [0.15, 0.2) is 28.1 Å². The quantitative estimate of drug-likeness (QED) is 0.572. The maximum absolute atomic E-state index is 11.9. The van der Waals surface area contributed by atoms with Crippen molar-refractivity contribution in [3.63, 3.8) is 0 Å². The summed E-state index contributed by atoms with van der Waals surface area (Å²) in [4.78, 5) is 18.1. The zero-order valence-corrected chi connectivity index (χ0v) is 14.0. The average molecular weight is 411 g/mol. The van der Waals surface area contributed by atoms with Crippen molar-refractivity contribution in [2.24, 2.45) is 4.99 Å². The van der Waals surface area contributed by atoms with Gasteiger partial charge in [-0.1, -0.05) is 6.07 Å². The molecule has 1 saturated heterocycles. The lowest BCUT2D eigenvalue weighted by Gasteiger charge is -2.05. The highest BCUT2D eigenvalue weighted by molar-refractivity contribution is 14.1. The highest BCUT2D eigenvalue weighted by atomic mass is 127. The van der Waals surface area contributed by atoms with E-state index < -0.39 is 0 Å². The summed E-state index contributed by atoms with van der Waals surface area (Å²) in [5, 5.41) is 10.1. The van der Waals surface area contributed by atoms with Crippen molar-refractivity contribution >= 4 is 63.9 Å². The van der Waals surface area contributed by atoms with Crippen LogP contribution in [0, 0.1) is 3.57 Å². The van der Waals surface area contributed by atoms with Gasteiger partial charge in [0.25, 0.3) is 5.91 Å². The number of carbonyl (C=O) groups excluding carboxylic acids is 1. The number of aliphatic imine (C=N–C) groups is 1. The number of halogens is 2. The number of amides is 1. The van der Waals surface area contributed by atoms with Crippen molar-refractivity contribution in [3.8, 4) is 5.75 Å². The van der Waals surface area contributed by atoms with Gasteiger partial charge in [-0.2, -0.15) is 0 Å². The average Bonchev–Trinajstić information content (AvgIpc) is 2.62. The Hall–Kier alpha value is -0.730. The number of carbonyl (C=O) groups is 1. The number of nitrogens with zero attached hydrogens (tertiary/aromatic N) is 2. The van der Waals surface area contributed by atoms with Crippen molar-refractivity contribution in [2.75, 3.05) is 14.1 Å². The lowest BCUT2D eigenvalue weighted by Crippen LogP contribution is -2.23. The zero-order valence-electron chi connectivity index (χ0n) is 10.3. The van der Waals surface area contributed by atoms with Crippen LogP contribution in [0.4, 0.5) is 0 Å². The van der Waals surface area contributed by atoms with Crippen LogP contribution in [0.25, 0.3) is 6.08 Å². The molecule has 7 heteroatoms. The van der Waals surface area contributed by atoms with Gasteiger partial charge in [-0.05, 0) is 58.1 Å². The van der Waals surface area contributed by atoms with Crippen LogP contribution in [0.2, 0.25) is 0 Å². The van der Waals surface area contributed by atoms with Crippen LogP contribution in [0.5, 0.6) is 5.75 Å². The molecule has 1 amide bonds. The predicted octanol–water partition coefficient (Wildman–Crippen LogP) is 2.95. The van der Waals surface area contributed by atoms with E-state index in [1.165, 1.54) is 16.7 Å². The molecule has 4 nitrogen and oxygen atoms in total. The Labute approximate surface area is 135 Å². The van der Waals surface area contributed by atoms with E-state index in [0.717, 1.165) is 9.13 Å². The predicted molar refractivity (Wildman–Crippen MR) is 89.8 cm³/mol. The summed E-state index contributed by atoms with van der Waals surface area (Å²) in [6, 6.07) is 5.23. The molecule has 0 radical (unpaired) electrons. The summed E-state index contributed by atoms with van der Waals surface area (Å²) in [7, 11) is 3.37. The normalized spacial score (nSPS) is 19.1. The van der Waals surface area contributed by atoms with Crippen molar-refractivity contribution in [1.82, 2.24) is 4.90 Å². The SMILES string of the molecule is CN=C1SC(=Cc2ccc(O)c(I)c2)C(=O)N1C.Cl. The van der Waals surface area contributed by atoms with Gasteiger partial charge in [0.1, 0.15) is 5.75 Å². The number of aromatic hydroxyl groups is 1. The molecule has 0 atom stereocenters. The van der Waals surface area contributed by atoms with Gasteiger partial charge in [0.05, 0.1) is 8.48 Å². The van der Waals surface area contributed by atoms with E-state index in [4.69, 9.17) is 0 Å². The molecule has 0 aromatic heterocycles. The molecule has 0 saturated carbocycles. The van der Waals surface area contributed by atoms with E-state index in [9.17, 15) is 9.90 Å². The molecule has 1 N–H and O–H groups in total. The maximum Gasteiger partial charge on any atom is 0.266 e. The van der Waals surface area contributed by atoms with Gasteiger partial charge < -0.3 is 5.11 Å². The molecule has 1 aromatic carbocycles. The number of phenolic OH excluding ortho intramolecular Hbond substituents is 1. The third-order valence-corrected chi connectivity index (χ3v) is 4.48. The Morgan fingerprint density at radius 3 is 2.68 bits per heavy atom. The van der Waals surface area contributed by atoms with Gasteiger partial charge in [-0.3, -0.25) is 14.7 Å². The standard InChI is InChI=1S/C12H11IN2O2S.ClH/c1-14-12-15(2)11(17)10(18-12)6-7-3-4-9(16)8(13)5-7;/h3-6,16H,1-2H3;1H. The van der Waals surface area contributed by atoms with Crippen LogP contribution < -0.4 is 0 Å². The molecule has 0 bridgehead atoms. The van der Waals surface area contributed by atoms with Crippen LogP contribution in [-0.2, 0) is 4.79 Å². The number of benzene rings is 1. The first-order valence-electron chi connectivity index (χ1n) is 5.16. The zero-order chi connectivity index (χ0) is 13.3. The summed E-state index contributed by atoms with van der Waals surface area (Å²) in [6.45, 7) is 0. The van der Waals surface area contributed by atoms with E-state index in [-0.39, 0.29) is 24.1 Å². The molecular weight excluding hydrogens is 399 g/mol. The summed E-state index contributed by atoms with van der Waals surface area (Å²) < 4.78 is 0.759. The smallest absolute Gasteiger partial charge is 0.266 e. The van der Waals surface area contributed by atoms with Crippen LogP contribution in [0.1, 0.15) is 5.56 Å². The highest BCUT2D eigenvalue weighted by Crippen LogP contribution is 2.32. The fourth-order valence-corrected chi connectivity index (χ4v) is 2.98. The Kier molecular flexibility index (Phi) is 5.69. The summed E-state index contributed by atoms with van der Waals surface area (Å²) in [6.07, 6.45) is 1.81. The summed E-state index contributed by atoms with van der Waals surface area (Å²) >= 11 is 3.41. The molecule has 19 heavy (non-hydrogen) atoms. The van der Waals surface area contributed by atoms with Gasteiger partial charge in [0.2, 0.25) is 0 Å². The van der Waals surface area contributed by atoms with Gasteiger partial charge >= 0.3 is 0 Å². The molecule has 1 aromatic rings. The number of hydrogen-bond donors (Lipinski definition) is 1. The molecule has 102 valence electrons. The second kappa shape index (κ2) is 6.62. The number of thioether (sulfide) groups is 1. The first-order valence-corrected chi connectivity index (χ1v) is 7.05. The Bertz CT molecular complexity index is 575. The minimum Gasteiger partial charge on any atom is -0.507 e. The summed E-state index contributed by atoms with van der Waals surface area (Å²) in [5.41, 5.74) is 0.888. The van der Waals surface area contributed by atoms with Gasteiger partial charge in [-0.15, -0.1) is 12.4 Å². The maximum atomic E-state index is 11.9. The highest BCUT2D eigenvalue weighted by Gasteiger charge is 2.29. The molecule has 1 aliphatic heterocycles. The fourth-order valence-electron chi connectivity index (χ4n) is 1.51. The molecular formula is C12H12ClIN2O2S. The number of likely N-dealkylation sites (N-methyl/N-ethyl adjacent to an activating group) is 1. The Balaban J connectivity index is 0.00000180. The monoisotopic (exact) mass is 410 g/mol. The van der Waals surface area contributed by atoms with E-state index in [1.54, 1.807) is 26.2 Å². The second-order valence-corrected chi connectivity index (χ2v) is 5.86. The molecule has 0 unspecified atom stereocenters. The molecule has 1 heterocycles. The van der Waals surface area contributed by atoms with Crippen molar-refractivity contribution < 1.29 is 9.90 Å². The molecule has 0 spiro atoms. The number of hydrogen-bond acceptors (Lipinski definition) is 4. The fraction of sp³-hybridized carbons (Fsp3) is 0.167. The molecule has 2 rings (SSSR count). The summed E-state index contributed by atoms with van der Waals surface area (Å²) in [5.74, 6) is 0.194.